The summed E-state index contributed by atoms with van der Waals surface area (Å²) in [6.45, 7) is 9.84. The minimum atomic E-state index is -0.470. The van der Waals surface area contributed by atoms with Crippen molar-refractivity contribution >= 4 is 5.97 Å². The lowest BCUT2D eigenvalue weighted by molar-refractivity contribution is -0.204. The molecule has 0 aliphatic heterocycles. The molecule has 4 fully saturated rings. The van der Waals surface area contributed by atoms with Gasteiger partial charge >= 0.3 is 5.97 Å². The molecule has 0 amide bonds. The summed E-state index contributed by atoms with van der Waals surface area (Å²) in [6.07, 6.45) is 12.2. The normalized spacial score (nSPS) is 50.2. The molecule has 1 N–H and O–H groups in total. The molecule has 4 saturated carbocycles. The molecule has 166 valence electrons. The van der Waals surface area contributed by atoms with Gasteiger partial charge in [0.1, 0.15) is 0 Å². The molecule has 0 aromatic rings. The standard InChI is InChI=1S/C26H44O3/c1-6-7-17(2)20-8-9-21-19-11-15-26(23(28)29-5)16-18(27)10-14-25(26,4)22(19)12-13-24(20,21)3/h17-22,27H,6-16H2,1-5H3/t17-,18+,19+,20-,21+,22+,24-,25-,26?/m1/s1. The number of hydrogen-bond donors (Lipinski definition) is 1. The third-order valence-corrected chi connectivity index (χ3v) is 10.9. The molecule has 0 heterocycles. The highest BCUT2D eigenvalue weighted by Crippen LogP contribution is 2.71. The Kier molecular flexibility index (Phi) is 5.63. The van der Waals surface area contributed by atoms with Gasteiger partial charge in [0.15, 0.2) is 0 Å². The van der Waals surface area contributed by atoms with Gasteiger partial charge in [-0.1, -0.05) is 40.5 Å². The van der Waals surface area contributed by atoms with Gasteiger partial charge in [0.05, 0.1) is 18.6 Å². The Morgan fingerprint density at radius 3 is 2.52 bits per heavy atom. The van der Waals surface area contributed by atoms with E-state index in [1.807, 2.05) is 0 Å². The minimum Gasteiger partial charge on any atom is -0.469 e. The molecule has 0 aromatic heterocycles. The lowest BCUT2D eigenvalue weighted by Gasteiger charge is -2.64. The fraction of sp³-hybridized carbons (Fsp3) is 0.962. The highest BCUT2D eigenvalue weighted by molar-refractivity contribution is 5.78. The van der Waals surface area contributed by atoms with Crippen molar-refractivity contribution in [3.63, 3.8) is 0 Å². The number of aliphatic hydroxyl groups excluding tert-OH is 1. The summed E-state index contributed by atoms with van der Waals surface area (Å²) in [6, 6.07) is 0. The second-order valence-electron chi connectivity index (χ2n) is 11.8. The first-order valence-electron chi connectivity index (χ1n) is 12.5. The van der Waals surface area contributed by atoms with Crippen LogP contribution in [0.2, 0.25) is 0 Å². The number of carbonyl (C=O) groups excluding carboxylic acids is 1. The molecule has 4 rings (SSSR count). The van der Waals surface area contributed by atoms with Crippen LogP contribution in [0, 0.1) is 45.8 Å². The third-order valence-electron chi connectivity index (χ3n) is 10.9. The number of fused-ring (bicyclic) bond motifs is 5. The van der Waals surface area contributed by atoms with Crippen molar-refractivity contribution in [1.82, 2.24) is 0 Å². The van der Waals surface area contributed by atoms with Crippen molar-refractivity contribution in [2.24, 2.45) is 45.8 Å². The Morgan fingerprint density at radius 2 is 1.83 bits per heavy atom. The number of aliphatic hydroxyl groups is 1. The topological polar surface area (TPSA) is 46.5 Å². The van der Waals surface area contributed by atoms with Crippen LogP contribution in [0.25, 0.3) is 0 Å². The number of esters is 1. The molecular formula is C26H44O3. The van der Waals surface area contributed by atoms with Crippen molar-refractivity contribution in [3.8, 4) is 0 Å². The zero-order valence-corrected chi connectivity index (χ0v) is 19.5. The molecule has 0 radical (unpaired) electrons. The van der Waals surface area contributed by atoms with Crippen LogP contribution in [0.3, 0.4) is 0 Å². The van der Waals surface area contributed by atoms with E-state index in [2.05, 4.69) is 27.7 Å². The molecule has 29 heavy (non-hydrogen) atoms. The van der Waals surface area contributed by atoms with Crippen molar-refractivity contribution in [3.05, 3.63) is 0 Å². The maximum absolute atomic E-state index is 13.1. The van der Waals surface area contributed by atoms with Crippen LogP contribution in [0.5, 0.6) is 0 Å². The van der Waals surface area contributed by atoms with Crippen LogP contribution < -0.4 is 0 Å². The summed E-state index contributed by atoms with van der Waals surface area (Å²) in [7, 11) is 1.54. The first-order chi connectivity index (χ1) is 13.7. The van der Waals surface area contributed by atoms with Crippen molar-refractivity contribution in [1.29, 1.82) is 0 Å². The second-order valence-corrected chi connectivity index (χ2v) is 11.8. The van der Waals surface area contributed by atoms with E-state index in [-0.39, 0.29) is 17.5 Å². The van der Waals surface area contributed by atoms with E-state index in [0.29, 0.717) is 17.8 Å². The summed E-state index contributed by atoms with van der Waals surface area (Å²) in [5.74, 6) is 3.86. The SMILES string of the molecule is CCC[C@@H](C)[C@H]1CC[C@H]2[C@@H]3CCC4(C(=O)OC)C[C@@H](O)CC[C@]4(C)[C@H]3CC[C@]12C. The van der Waals surface area contributed by atoms with Crippen molar-refractivity contribution in [2.45, 2.75) is 104 Å². The number of hydrogen-bond acceptors (Lipinski definition) is 3. The fourth-order valence-corrected chi connectivity index (χ4v) is 9.51. The lowest BCUT2D eigenvalue weighted by Crippen LogP contribution is -2.62. The average molecular weight is 405 g/mol. The van der Waals surface area contributed by atoms with Gasteiger partial charge in [-0.2, -0.15) is 0 Å². The predicted molar refractivity (Wildman–Crippen MR) is 116 cm³/mol. The number of ether oxygens (including phenoxy) is 1. The molecule has 0 saturated heterocycles. The van der Waals surface area contributed by atoms with Gasteiger partial charge in [-0.05, 0) is 98.2 Å². The van der Waals surface area contributed by atoms with Gasteiger partial charge in [0.2, 0.25) is 0 Å². The average Bonchev–Trinajstić information content (AvgIpc) is 3.05. The van der Waals surface area contributed by atoms with E-state index in [1.165, 1.54) is 38.5 Å². The third kappa shape index (κ3) is 2.96. The highest BCUT2D eigenvalue weighted by Gasteiger charge is 2.67. The Bertz CT molecular complexity index is 631. The van der Waals surface area contributed by atoms with Gasteiger partial charge in [-0.25, -0.2) is 0 Å². The summed E-state index contributed by atoms with van der Waals surface area (Å²) in [5.41, 5.74) is 0.00405. The summed E-state index contributed by atoms with van der Waals surface area (Å²) >= 11 is 0. The van der Waals surface area contributed by atoms with E-state index in [4.69, 9.17) is 4.74 Å². The Labute approximate surface area is 178 Å². The van der Waals surface area contributed by atoms with Gasteiger partial charge in [-0.15, -0.1) is 0 Å². The van der Waals surface area contributed by atoms with Crippen LogP contribution in [0.4, 0.5) is 0 Å². The van der Waals surface area contributed by atoms with E-state index in [1.54, 1.807) is 7.11 Å². The van der Waals surface area contributed by atoms with Gasteiger partial charge in [0, 0.05) is 0 Å². The van der Waals surface area contributed by atoms with Crippen molar-refractivity contribution in [2.75, 3.05) is 7.11 Å². The van der Waals surface area contributed by atoms with Gasteiger partial charge in [0.25, 0.3) is 0 Å². The number of methoxy groups -OCH3 is 1. The zero-order valence-electron chi connectivity index (χ0n) is 19.5. The van der Waals surface area contributed by atoms with Crippen LogP contribution >= 0.6 is 0 Å². The van der Waals surface area contributed by atoms with Crippen LogP contribution in [-0.4, -0.2) is 24.3 Å². The first kappa shape index (κ1) is 21.7. The van der Waals surface area contributed by atoms with Crippen LogP contribution in [0.15, 0.2) is 0 Å². The molecule has 0 aromatic carbocycles. The molecule has 0 bridgehead atoms. The smallest absolute Gasteiger partial charge is 0.312 e. The largest absolute Gasteiger partial charge is 0.469 e. The fourth-order valence-electron chi connectivity index (χ4n) is 9.51. The first-order valence-corrected chi connectivity index (χ1v) is 12.5. The van der Waals surface area contributed by atoms with Gasteiger partial charge in [-0.3, -0.25) is 4.79 Å². The lowest BCUT2D eigenvalue weighted by atomic mass is 9.39. The summed E-state index contributed by atoms with van der Waals surface area (Å²) in [4.78, 5) is 13.1. The van der Waals surface area contributed by atoms with Crippen molar-refractivity contribution < 1.29 is 14.6 Å². The summed E-state index contributed by atoms with van der Waals surface area (Å²) < 4.78 is 5.38. The molecule has 0 spiro atoms. The van der Waals surface area contributed by atoms with E-state index in [9.17, 15) is 9.90 Å². The molecule has 4 aliphatic rings. The van der Waals surface area contributed by atoms with Crippen LogP contribution in [-0.2, 0) is 9.53 Å². The zero-order chi connectivity index (χ0) is 21.0. The second kappa shape index (κ2) is 7.53. The van der Waals surface area contributed by atoms with E-state index in [0.717, 1.165) is 49.4 Å². The Morgan fingerprint density at radius 1 is 1.07 bits per heavy atom. The minimum absolute atomic E-state index is 0.0172. The number of carbonyl (C=O) groups is 1. The van der Waals surface area contributed by atoms with Gasteiger partial charge < -0.3 is 9.84 Å². The van der Waals surface area contributed by atoms with E-state index < -0.39 is 5.41 Å². The molecule has 4 aliphatic carbocycles. The quantitative estimate of drug-likeness (QED) is 0.586. The van der Waals surface area contributed by atoms with Crippen LogP contribution in [0.1, 0.15) is 98.3 Å². The molecule has 3 nitrogen and oxygen atoms in total. The molecule has 1 unspecified atom stereocenters. The number of rotatable bonds is 4. The highest BCUT2D eigenvalue weighted by atomic mass is 16.5. The monoisotopic (exact) mass is 404 g/mol. The maximum Gasteiger partial charge on any atom is 0.312 e. The maximum atomic E-state index is 13.1. The summed E-state index contributed by atoms with van der Waals surface area (Å²) in [5, 5.41) is 10.5. The molecule has 3 heteroatoms. The van der Waals surface area contributed by atoms with E-state index >= 15 is 0 Å². The Hall–Kier alpha value is -0.570. The predicted octanol–water partition coefficient (Wildman–Crippen LogP) is 5.99. The molecule has 9 atom stereocenters. The molecular weight excluding hydrogens is 360 g/mol. The Balaban J connectivity index is 1.65.